The number of hydrogen-bond acceptors (Lipinski definition) is 3. The Balaban J connectivity index is 2.40. The SMILES string of the molecule is CC(C)n1cnnc1CC(C)(C(=O)O)c1ccccc1. The van der Waals surface area contributed by atoms with Crippen LogP contribution in [0.25, 0.3) is 0 Å². The van der Waals surface area contributed by atoms with Gasteiger partial charge < -0.3 is 9.67 Å². The Bertz CT molecular complexity index is 592. The molecule has 0 radical (unpaired) electrons. The summed E-state index contributed by atoms with van der Waals surface area (Å²) in [6, 6.07) is 9.46. The van der Waals surface area contributed by atoms with Gasteiger partial charge in [-0.1, -0.05) is 30.3 Å². The van der Waals surface area contributed by atoms with Crippen molar-refractivity contribution >= 4 is 5.97 Å². The van der Waals surface area contributed by atoms with Gasteiger partial charge in [0.15, 0.2) is 0 Å². The second-order valence-electron chi connectivity index (χ2n) is 5.43. The first-order chi connectivity index (χ1) is 9.45. The molecule has 20 heavy (non-hydrogen) atoms. The monoisotopic (exact) mass is 273 g/mol. The molecule has 0 bridgehead atoms. The van der Waals surface area contributed by atoms with Crippen LogP contribution in [-0.4, -0.2) is 25.8 Å². The van der Waals surface area contributed by atoms with E-state index in [1.807, 2.05) is 48.7 Å². The molecule has 1 atom stereocenters. The van der Waals surface area contributed by atoms with E-state index >= 15 is 0 Å². The van der Waals surface area contributed by atoms with Crippen LogP contribution in [0.15, 0.2) is 36.7 Å². The third-order valence-electron chi connectivity index (χ3n) is 3.60. The lowest BCUT2D eigenvalue weighted by Gasteiger charge is -2.25. The highest BCUT2D eigenvalue weighted by Gasteiger charge is 2.37. The number of aromatic nitrogens is 3. The summed E-state index contributed by atoms with van der Waals surface area (Å²) in [4.78, 5) is 11.8. The Morgan fingerprint density at radius 3 is 2.55 bits per heavy atom. The lowest BCUT2D eigenvalue weighted by molar-refractivity contribution is -0.143. The third kappa shape index (κ3) is 2.57. The maximum Gasteiger partial charge on any atom is 0.314 e. The van der Waals surface area contributed by atoms with Crippen molar-refractivity contribution in [2.24, 2.45) is 0 Å². The summed E-state index contributed by atoms with van der Waals surface area (Å²) in [5.41, 5.74) is -0.244. The minimum absolute atomic E-state index is 0.203. The van der Waals surface area contributed by atoms with Gasteiger partial charge in [0.05, 0.1) is 5.41 Å². The van der Waals surface area contributed by atoms with E-state index in [1.165, 1.54) is 0 Å². The van der Waals surface area contributed by atoms with E-state index in [0.717, 1.165) is 5.56 Å². The van der Waals surface area contributed by atoms with Crippen molar-refractivity contribution in [3.63, 3.8) is 0 Å². The van der Waals surface area contributed by atoms with Crippen molar-refractivity contribution in [1.82, 2.24) is 14.8 Å². The van der Waals surface area contributed by atoms with Crippen molar-refractivity contribution in [3.05, 3.63) is 48.0 Å². The first-order valence-corrected chi connectivity index (χ1v) is 6.62. The predicted octanol–water partition coefficient (Wildman–Crippen LogP) is 2.44. The van der Waals surface area contributed by atoms with Crippen LogP contribution in [0.3, 0.4) is 0 Å². The molecule has 1 unspecified atom stereocenters. The van der Waals surface area contributed by atoms with Gasteiger partial charge in [0.2, 0.25) is 0 Å². The Morgan fingerprint density at radius 1 is 1.35 bits per heavy atom. The highest BCUT2D eigenvalue weighted by Crippen LogP contribution is 2.28. The van der Waals surface area contributed by atoms with E-state index < -0.39 is 11.4 Å². The minimum Gasteiger partial charge on any atom is -0.481 e. The molecule has 0 spiro atoms. The van der Waals surface area contributed by atoms with Gasteiger partial charge in [0.1, 0.15) is 12.2 Å². The van der Waals surface area contributed by atoms with Gasteiger partial charge in [-0.15, -0.1) is 10.2 Å². The number of nitrogens with zero attached hydrogens (tertiary/aromatic N) is 3. The molecular formula is C15H19N3O2. The summed E-state index contributed by atoms with van der Waals surface area (Å²) in [6.45, 7) is 5.77. The Labute approximate surface area is 118 Å². The van der Waals surface area contributed by atoms with Crippen molar-refractivity contribution in [2.45, 2.75) is 38.6 Å². The quantitative estimate of drug-likeness (QED) is 0.908. The summed E-state index contributed by atoms with van der Waals surface area (Å²) in [6.07, 6.45) is 1.96. The van der Waals surface area contributed by atoms with Gasteiger partial charge in [-0.3, -0.25) is 4.79 Å². The molecule has 0 amide bonds. The van der Waals surface area contributed by atoms with Gasteiger partial charge in [-0.05, 0) is 26.3 Å². The highest BCUT2D eigenvalue weighted by molar-refractivity contribution is 5.81. The van der Waals surface area contributed by atoms with Crippen molar-refractivity contribution in [2.75, 3.05) is 0 Å². The number of aliphatic carboxylic acids is 1. The zero-order valence-electron chi connectivity index (χ0n) is 11.9. The summed E-state index contributed by atoms with van der Waals surface area (Å²) in [7, 11) is 0. The third-order valence-corrected chi connectivity index (χ3v) is 3.60. The van der Waals surface area contributed by atoms with E-state index in [1.54, 1.807) is 13.3 Å². The topological polar surface area (TPSA) is 68.0 Å². The Kier molecular flexibility index (Phi) is 3.88. The van der Waals surface area contributed by atoms with Crippen molar-refractivity contribution in [1.29, 1.82) is 0 Å². The standard InChI is InChI=1S/C15H19N3O2/c1-11(2)18-10-16-17-13(18)9-15(3,14(19)20)12-7-5-4-6-8-12/h4-8,10-11H,9H2,1-3H3,(H,19,20). The number of carboxylic acid groups (broad SMARTS) is 1. The molecule has 0 fully saturated rings. The highest BCUT2D eigenvalue weighted by atomic mass is 16.4. The zero-order valence-corrected chi connectivity index (χ0v) is 11.9. The van der Waals surface area contributed by atoms with Crippen LogP contribution >= 0.6 is 0 Å². The van der Waals surface area contributed by atoms with E-state index in [4.69, 9.17) is 0 Å². The van der Waals surface area contributed by atoms with Gasteiger partial charge >= 0.3 is 5.97 Å². The fraction of sp³-hybridized carbons (Fsp3) is 0.400. The van der Waals surface area contributed by atoms with Crippen LogP contribution in [0, 0.1) is 0 Å². The smallest absolute Gasteiger partial charge is 0.314 e. The lowest BCUT2D eigenvalue weighted by Crippen LogP contribution is -2.36. The van der Waals surface area contributed by atoms with Crippen LogP contribution in [0.2, 0.25) is 0 Å². The van der Waals surface area contributed by atoms with Crippen LogP contribution in [-0.2, 0) is 16.6 Å². The Hall–Kier alpha value is -2.17. The summed E-state index contributed by atoms with van der Waals surface area (Å²) in [5.74, 6) is -0.171. The molecule has 1 aromatic heterocycles. The molecule has 2 aromatic rings. The zero-order chi connectivity index (χ0) is 14.8. The molecule has 0 saturated heterocycles. The second-order valence-corrected chi connectivity index (χ2v) is 5.43. The second kappa shape index (κ2) is 5.45. The molecule has 1 heterocycles. The fourth-order valence-corrected chi connectivity index (χ4v) is 2.25. The molecule has 106 valence electrons. The number of rotatable bonds is 5. The van der Waals surface area contributed by atoms with Crippen LogP contribution < -0.4 is 0 Å². The number of carbonyl (C=O) groups is 1. The fourth-order valence-electron chi connectivity index (χ4n) is 2.25. The van der Waals surface area contributed by atoms with Crippen LogP contribution in [0.1, 0.15) is 38.2 Å². The Morgan fingerprint density at radius 2 is 2.00 bits per heavy atom. The molecule has 5 nitrogen and oxygen atoms in total. The first kappa shape index (κ1) is 14.2. The maximum atomic E-state index is 11.8. The van der Waals surface area contributed by atoms with Gasteiger partial charge in [-0.25, -0.2) is 0 Å². The predicted molar refractivity (Wildman–Crippen MR) is 75.5 cm³/mol. The van der Waals surface area contributed by atoms with E-state index in [0.29, 0.717) is 12.2 Å². The summed E-state index contributed by atoms with van der Waals surface area (Å²) in [5, 5.41) is 17.6. The first-order valence-electron chi connectivity index (χ1n) is 6.62. The average Bonchev–Trinajstić information content (AvgIpc) is 2.87. The molecule has 0 aliphatic rings. The molecular weight excluding hydrogens is 254 g/mol. The molecule has 1 aromatic carbocycles. The van der Waals surface area contributed by atoms with E-state index in [-0.39, 0.29) is 6.04 Å². The van der Waals surface area contributed by atoms with Crippen LogP contribution in [0.4, 0.5) is 0 Å². The average molecular weight is 273 g/mol. The normalized spacial score (nSPS) is 14.2. The van der Waals surface area contributed by atoms with Gasteiger partial charge in [-0.2, -0.15) is 0 Å². The molecule has 0 saturated carbocycles. The maximum absolute atomic E-state index is 11.8. The van der Waals surface area contributed by atoms with Crippen LogP contribution in [0.5, 0.6) is 0 Å². The minimum atomic E-state index is -1.01. The number of hydrogen-bond donors (Lipinski definition) is 1. The summed E-state index contributed by atoms with van der Waals surface area (Å²) >= 11 is 0. The largest absolute Gasteiger partial charge is 0.481 e. The number of carboxylic acids is 1. The molecule has 1 N–H and O–H groups in total. The lowest BCUT2D eigenvalue weighted by atomic mass is 9.79. The summed E-state index contributed by atoms with van der Waals surface area (Å²) < 4.78 is 1.91. The van der Waals surface area contributed by atoms with Crippen molar-refractivity contribution in [3.8, 4) is 0 Å². The molecule has 0 aliphatic carbocycles. The number of benzene rings is 1. The van der Waals surface area contributed by atoms with Gasteiger partial charge in [0, 0.05) is 12.5 Å². The molecule has 0 aliphatic heterocycles. The molecule has 2 rings (SSSR count). The van der Waals surface area contributed by atoms with E-state index in [2.05, 4.69) is 10.2 Å². The molecule has 5 heteroatoms. The van der Waals surface area contributed by atoms with Crippen molar-refractivity contribution < 1.29 is 9.90 Å². The van der Waals surface area contributed by atoms with E-state index in [9.17, 15) is 9.90 Å². The van der Waals surface area contributed by atoms with Gasteiger partial charge in [0.25, 0.3) is 0 Å².